The number of benzene rings is 2. The normalized spacial score (nSPS) is 23.4. The maximum absolute atomic E-state index is 13.9. The average molecular weight is 718 g/mol. The van der Waals surface area contributed by atoms with Crippen LogP contribution in [0.4, 0.5) is 5.82 Å². The molecule has 0 amide bonds. The van der Waals surface area contributed by atoms with E-state index in [1.54, 1.807) is 24.3 Å². The largest absolute Gasteiger partial charge is 0.508 e. The van der Waals surface area contributed by atoms with E-state index < -0.39 is 23.5 Å². The predicted octanol–water partition coefficient (Wildman–Crippen LogP) is 8.41. The minimum atomic E-state index is -0.556. The lowest BCUT2D eigenvalue weighted by atomic mass is 9.83. The van der Waals surface area contributed by atoms with Crippen LogP contribution in [-0.2, 0) is 14.3 Å². The first-order chi connectivity index (χ1) is 25.6. The van der Waals surface area contributed by atoms with Crippen LogP contribution in [0.2, 0.25) is 0 Å². The van der Waals surface area contributed by atoms with Crippen molar-refractivity contribution in [1.29, 1.82) is 0 Å². The number of esters is 1. The lowest BCUT2D eigenvalue weighted by molar-refractivity contribution is -0.148. The summed E-state index contributed by atoms with van der Waals surface area (Å²) in [6.07, 6.45) is 11.1. The van der Waals surface area contributed by atoms with Crippen molar-refractivity contribution in [3.8, 4) is 29.1 Å². The van der Waals surface area contributed by atoms with Crippen LogP contribution in [0.5, 0.6) is 17.2 Å². The second-order valence-corrected chi connectivity index (χ2v) is 14.8. The number of hydrogen-bond acceptors (Lipinski definition) is 9. The van der Waals surface area contributed by atoms with E-state index in [9.17, 15) is 19.8 Å². The van der Waals surface area contributed by atoms with Crippen LogP contribution in [0.15, 0.2) is 76.9 Å². The fourth-order valence-electron chi connectivity index (χ4n) is 8.08. The second-order valence-electron chi connectivity index (χ2n) is 14.8. The van der Waals surface area contributed by atoms with E-state index in [0.29, 0.717) is 24.6 Å². The van der Waals surface area contributed by atoms with Crippen LogP contribution >= 0.6 is 0 Å². The highest BCUT2D eigenvalue weighted by atomic mass is 16.5. The quantitative estimate of drug-likeness (QED) is 0.177. The third kappa shape index (κ3) is 9.67. The minimum Gasteiger partial charge on any atom is -0.508 e. The Kier molecular flexibility index (Phi) is 12.2. The fourth-order valence-corrected chi connectivity index (χ4v) is 8.08. The van der Waals surface area contributed by atoms with Gasteiger partial charge in [-0.25, -0.2) is 4.98 Å². The van der Waals surface area contributed by atoms with Crippen molar-refractivity contribution in [2.24, 2.45) is 10.9 Å². The van der Waals surface area contributed by atoms with Gasteiger partial charge in [0.1, 0.15) is 23.5 Å². The molecule has 1 spiro atoms. The summed E-state index contributed by atoms with van der Waals surface area (Å²) >= 11 is 0. The van der Waals surface area contributed by atoms with E-state index in [0.717, 1.165) is 73.9 Å². The summed E-state index contributed by atoms with van der Waals surface area (Å²) in [5.41, 5.74) is 4.82. The van der Waals surface area contributed by atoms with Gasteiger partial charge in [0.2, 0.25) is 0 Å². The number of nitrogens with zero attached hydrogens (tertiary/aromatic N) is 2. The molecule has 6 rings (SSSR count). The number of aliphatic imine (C=N–C) groups is 1. The molecule has 278 valence electrons. The Hall–Kier alpha value is -5.10. The molecule has 4 unspecified atom stereocenters. The Morgan fingerprint density at radius 3 is 2.55 bits per heavy atom. The SMILES string of the molecule is CCC1CCC(OC(C)=O)CC(=O)CC(c2ccc(O)c(OC)c2)C#CC2(CCCC2)Nc2cc(ccn2)C(c2cccc(O)c2)CC2=C(C=NC2)C1. The topological polar surface area (TPSA) is 130 Å². The second kappa shape index (κ2) is 17.2. The summed E-state index contributed by atoms with van der Waals surface area (Å²) in [4.78, 5) is 35.6. The first-order valence-electron chi connectivity index (χ1n) is 19.0. The zero-order valence-corrected chi connectivity index (χ0v) is 31.1. The molecule has 1 aliphatic carbocycles. The first kappa shape index (κ1) is 37.7. The number of ether oxygens (including phenoxy) is 2. The third-order valence-electron chi connectivity index (χ3n) is 11.0. The number of aromatic nitrogens is 1. The van der Waals surface area contributed by atoms with Crippen LogP contribution in [-0.4, -0.2) is 58.5 Å². The number of pyridine rings is 1. The van der Waals surface area contributed by atoms with Crippen molar-refractivity contribution >= 4 is 23.8 Å². The van der Waals surface area contributed by atoms with E-state index in [-0.39, 0.29) is 36.0 Å². The van der Waals surface area contributed by atoms with Gasteiger partial charge in [0.05, 0.1) is 25.1 Å². The molecule has 2 aromatic carbocycles. The number of anilines is 1. The zero-order chi connectivity index (χ0) is 37.4. The number of phenols is 2. The molecule has 1 fully saturated rings. The number of hydrogen-bond donors (Lipinski definition) is 3. The Morgan fingerprint density at radius 1 is 0.981 bits per heavy atom. The highest BCUT2D eigenvalue weighted by Crippen LogP contribution is 2.39. The number of Topliss-reactive ketones (excluding diaryl/α,β-unsaturated/α-hetero) is 1. The van der Waals surface area contributed by atoms with Crippen molar-refractivity contribution < 1.29 is 29.3 Å². The van der Waals surface area contributed by atoms with Gasteiger partial charge in [0.25, 0.3) is 0 Å². The van der Waals surface area contributed by atoms with Gasteiger partial charge in [0.15, 0.2) is 11.5 Å². The van der Waals surface area contributed by atoms with Crippen LogP contribution in [0, 0.1) is 17.8 Å². The lowest BCUT2D eigenvalue weighted by Gasteiger charge is -2.27. The molecule has 1 saturated carbocycles. The van der Waals surface area contributed by atoms with Gasteiger partial charge in [-0.15, -0.1) is 0 Å². The van der Waals surface area contributed by atoms with Crippen molar-refractivity contribution in [3.63, 3.8) is 0 Å². The minimum absolute atomic E-state index is 0.0125. The molecule has 0 saturated heterocycles. The van der Waals surface area contributed by atoms with Gasteiger partial charge < -0.3 is 25.0 Å². The molecule has 1 aromatic heterocycles. The monoisotopic (exact) mass is 717 g/mol. The predicted molar refractivity (Wildman–Crippen MR) is 207 cm³/mol. The van der Waals surface area contributed by atoms with E-state index in [4.69, 9.17) is 19.5 Å². The van der Waals surface area contributed by atoms with E-state index in [2.05, 4.69) is 42.3 Å². The highest BCUT2D eigenvalue weighted by Gasteiger charge is 2.33. The summed E-state index contributed by atoms with van der Waals surface area (Å²) in [6, 6.07) is 16.8. The van der Waals surface area contributed by atoms with Gasteiger partial charge in [-0.2, -0.15) is 0 Å². The molecule has 9 nitrogen and oxygen atoms in total. The molecule has 2 bridgehead atoms. The number of carbonyl (C=O) groups is 2. The molecule has 3 aromatic rings. The number of aromatic hydroxyl groups is 2. The molecule has 3 N–H and O–H groups in total. The Morgan fingerprint density at radius 2 is 1.79 bits per heavy atom. The fraction of sp³-hybridized carbons (Fsp3) is 0.455. The number of rotatable bonds is 5. The lowest BCUT2D eigenvalue weighted by Crippen LogP contribution is -2.34. The molecule has 4 atom stereocenters. The van der Waals surface area contributed by atoms with Crippen LogP contribution < -0.4 is 10.1 Å². The van der Waals surface area contributed by atoms with Gasteiger partial charge >= 0.3 is 5.97 Å². The number of carbonyl (C=O) groups excluding carboxylic acids is 2. The average Bonchev–Trinajstić information content (AvgIpc) is 3.79. The standard InChI is InChI=1S/C44H51N3O6/c1-4-30-10-12-39(53-29(2)48)26-38(50)21-32(31-11-13-41(51)42(24-31)52-3)14-18-44(16-5-6-17-44)47-43-25-34(15-19-46-43)40(33-8-7-9-37(49)22-33)23-36-28-45-27-35(36)20-30/h7-9,11,13,15,19,22,24-25,27,30,32,39-40,49,51H,4-6,10,12,16-17,20-21,23,26,28H2,1-3H3,(H,46,47). The van der Waals surface area contributed by atoms with Gasteiger partial charge in [-0.1, -0.05) is 43.4 Å². The number of nitrogens with one attached hydrogen (secondary N) is 1. The Bertz CT molecular complexity index is 1920. The molecule has 3 aliphatic rings. The smallest absolute Gasteiger partial charge is 0.302 e. The maximum Gasteiger partial charge on any atom is 0.302 e. The summed E-state index contributed by atoms with van der Waals surface area (Å²) in [6.45, 7) is 4.20. The summed E-state index contributed by atoms with van der Waals surface area (Å²) in [7, 11) is 1.50. The molecule has 53 heavy (non-hydrogen) atoms. The van der Waals surface area contributed by atoms with Crippen LogP contribution in [0.3, 0.4) is 0 Å². The van der Waals surface area contributed by atoms with Crippen molar-refractivity contribution in [1.82, 2.24) is 4.98 Å². The Balaban J connectivity index is 1.44. The third-order valence-corrected chi connectivity index (χ3v) is 11.0. The van der Waals surface area contributed by atoms with Crippen LogP contribution in [0.25, 0.3) is 0 Å². The van der Waals surface area contributed by atoms with Crippen LogP contribution in [0.1, 0.15) is 113 Å². The van der Waals surface area contributed by atoms with Gasteiger partial charge in [0, 0.05) is 38.1 Å². The number of fused-ring (bicyclic) bond motifs is 2. The van der Waals surface area contributed by atoms with E-state index in [1.807, 2.05) is 24.5 Å². The molecular formula is C44H51N3O6. The van der Waals surface area contributed by atoms with Crippen molar-refractivity contribution in [2.75, 3.05) is 19.0 Å². The summed E-state index contributed by atoms with van der Waals surface area (Å²) in [5, 5.41) is 24.6. The number of ketones is 1. The maximum atomic E-state index is 13.9. The molecule has 3 heterocycles. The highest BCUT2D eigenvalue weighted by molar-refractivity contribution is 5.83. The first-order valence-corrected chi connectivity index (χ1v) is 19.0. The van der Waals surface area contributed by atoms with Gasteiger partial charge in [-0.05, 0) is 122 Å². The van der Waals surface area contributed by atoms with Gasteiger partial charge in [-0.3, -0.25) is 14.6 Å². The number of allylic oxidation sites excluding steroid dienone is 1. The Labute approximate surface area is 312 Å². The van der Waals surface area contributed by atoms with Crippen molar-refractivity contribution in [2.45, 2.75) is 108 Å². The summed E-state index contributed by atoms with van der Waals surface area (Å²) < 4.78 is 11.2. The van der Waals surface area contributed by atoms with E-state index >= 15 is 0 Å². The molecule has 2 aliphatic heterocycles. The molecule has 0 radical (unpaired) electrons. The zero-order valence-electron chi connectivity index (χ0n) is 31.1. The number of methoxy groups -OCH3 is 1. The molecular weight excluding hydrogens is 666 g/mol. The van der Waals surface area contributed by atoms with E-state index in [1.165, 1.54) is 25.2 Å². The number of phenolic OH excluding ortho intramolecular Hbond substituents is 2. The van der Waals surface area contributed by atoms with Crippen molar-refractivity contribution in [3.05, 3.63) is 88.6 Å². The molecule has 9 heteroatoms. The summed E-state index contributed by atoms with van der Waals surface area (Å²) in [5.74, 6) is 7.69.